The molecule has 0 rings (SSSR count). The zero-order valence-corrected chi connectivity index (χ0v) is 45.2. The van der Waals surface area contributed by atoms with E-state index in [-0.39, 0.29) is 36.9 Å². The third-order valence-electron chi connectivity index (χ3n) is 11.2. The molecule has 0 aromatic heterocycles. The molecule has 0 aliphatic rings. The highest BCUT2D eigenvalue weighted by atomic mass is 32.2. The second kappa shape index (κ2) is 34.4. The van der Waals surface area contributed by atoms with Crippen LogP contribution < -0.4 is 65.1 Å². The summed E-state index contributed by atoms with van der Waals surface area (Å²) in [6.45, 7) is 12.5. The van der Waals surface area contributed by atoms with E-state index < -0.39 is 182 Å². The minimum atomic E-state index is -1.90. The van der Waals surface area contributed by atoms with Crippen molar-refractivity contribution in [1.29, 1.82) is 0 Å². The number of primary amides is 2. The number of carboxylic acid groups (broad SMARTS) is 1. The first-order valence-electron chi connectivity index (χ1n) is 24.5. The van der Waals surface area contributed by atoms with E-state index in [4.69, 9.17) is 17.2 Å². The van der Waals surface area contributed by atoms with Crippen LogP contribution in [0.5, 0.6) is 0 Å². The number of aliphatic hydroxyl groups is 3. The Morgan fingerprint density at radius 3 is 1.24 bits per heavy atom. The fraction of sp³-hybridized carbons (Fsp3) is 0.739. The summed E-state index contributed by atoms with van der Waals surface area (Å²) < 4.78 is 0. The Morgan fingerprint density at radius 2 is 0.827 bits per heavy atom. The monoisotopic (exact) mass is 1090 g/mol. The average molecular weight is 1090 g/mol. The lowest BCUT2D eigenvalue weighted by atomic mass is 9.98. The number of aliphatic hydroxyl groups excluding tert-OH is 3. The van der Waals surface area contributed by atoms with Crippen LogP contribution in [0.25, 0.3) is 0 Å². The highest BCUT2D eigenvalue weighted by molar-refractivity contribution is 7.98. The number of nitrogens with one attached hydrogen (secondary N) is 9. The van der Waals surface area contributed by atoms with Crippen LogP contribution in [0, 0.1) is 23.7 Å². The molecule has 0 aromatic rings. The van der Waals surface area contributed by atoms with Gasteiger partial charge in [0.1, 0.15) is 60.4 Å². The van der Waals surface area contributed by atoms with E-state index in [2.05, 4.69) is 47.9 Å². The fourth-order valence-corrected chi connectivity index (χ4v) is 7.46. The standard InChI is InChI=1S/C46H82N12O16S/c1-20(2)15-28(40(67)54-30(46(73)74)16-21(3)4)52-44(71)35(23(7)8)57-38(65)26(11-12-32(48)62)50-42(69)31(19-60)55-45(72)36(24(9)61)58-39(66)27(13-14-75-10)51-41(68)29(17-33(49)63)53-43(70)34(22(5)6)56-37(64)25(47)18-59/h20-31,34-36,59-61H,11-19,47H2,1-10H3,(H2,48,62)(H2,49,63)(H,50,69)(H,51,68)(H,52,71)(H,53,70)(H,54,67)(H,55,72)(H,56,64)(H,57,65)(H,58,66)(H,73,74)/t24-,25+,26+,27+,28+,29+,30+,31+,34+,35+,36+/m1/s1. The summed E-state index contributed by atoms with van der Waals surface area (Å²) in [6.07, 6.45) is -1.69. The number of hydrogen-bond acceptors (Lipinski definition) is 17. The summed E-state index contributed by atoms with van der Waals surface area (Å²) >= 11 is 1.24. The predicted octanol–water partition coefficient (Wildman–Crippen LogP) is -5.57. The number of nitrogens with two attached hydrogens (primary N) is 3. The third-order valence-corrected chi connectivity index (χ3v) is 11.8. The van der Waals surface area contributed by atoms with Gasteiger partial charge in [-0.05, 0) is 68.3 Å². The number of amides is 11. The van der Waals surface area contributed by atoms with Gasteiger partial charge in [-0.3, -0.25) is 52.7 Å². The maximum atomic E-state index is 13.8. The second-order valence-corrected chi connectivity index (χ2v) is 20.6. The van der Waals surface area contributed by atoms with Crippen molar-refractivity contribution in [3.8, 4) is 0 Å². The molecule has 0 fully saturated rings. The molecule has 0 bridgehead atoms. The topological polar surface area (TPSA) is 472 Å². The number of rotatable bonds is 36. The first-order valence-corrected chi connectivity index (χ1v) is 25.9. The summed E-state index contributed by atoms with van der Waals surface area (Å²) in [6, 6.07) is -15.2. The number of hydrogen-bond donors (Lipinski definition) is 16. The molecule has 0 spiro atoms. The zero-order valence-electron chi connectivity index (χ0n) is 44.4. The highest BCUT2D eigenvalue weighted by Crippen LogP contribution is 2.13. The van der Waals surface area contributed by atoms with Crippen molar-refractivity contribution in [2.45, 2.75) is 167 Å². The van der Waals surface area contributed by atoms with Gasteiger partial charge >= 0.3 is 5.97 Å². The van der Waals surface area contributed by atoms with Gasteiger partial charge in [0, 0.05) is 6.42 Å². The van der Waals surface area contributed by atoms with Crippen molar-refractivity contribution in [3.05, 3.63) is 0 Å². The van der Waals surface area contributed by atoms with Gasteiger partial charge in [-0.25, -0.2) is 4.79 Å². The first kappa shape index (κ1) is 68.8. The first-order chi connectivity index (χ1) is 34.8. The molecule has 428 valence electrons. The van der Waals surface area contributed by atoms with Gasteiger partial charge < -0.3 is 85.5 Å². The summed E-state index contributed by atoms with van der Waals surface area (Å²) in [5, 5.41) is 61.2. The largest absolute Gasteiger partial charge is 0.480 e. The molecule has 29 heteroatoms. The quantitative estimate of drug-likeness (QED) is 0.0278. The molecule has 0 heterocycles. The van der Waals surface area contributed by atoms with Crippen molar-refractivity contribution >= 4 is 82.7 Å². The van der Waals surface area contributed by atoms with Crippen LogP contribution >= 0.6 is 11.8 Å². The Balaban J connectivity index is 6.50. The molecular formula is C46H82N12O16S. The van der Waals surface area contributed by atoms with Crippen LogP contribution in [0.15, 0.2) is 0 Å². The molecule has 11 atom stereocenters. The van der Waals surface area contributed by atoms with Gasteiger partial charge in [0.25, 0.3) is 0 Å². The van der Waals surface area contributed by atoms with Gasteiger partial charge in [-0.15, -0.1) is 0 Å². The number of aliphatic carboxylic acids is 1. The highest BCUT2D eigenvalue weighted by Gasteiger charge is 2.38. The molecular weight excluding hydrogens is 1010 g/mol. The number of carbonyl (C=O) groups is 12. The van der Waals surface area contributed by atoms with Gasteiger partial charge in [0.05, 0.1) is 25.7 Å². The zero-order chi connectivity index (χ0) is 58.0. The van der Waals surface area contributed by atoms with E-state index in [1.54, 1.807) is 61.6 Å². The maximum Gasteiger partial charge on any atom is 0.326 e. The molecule has 75 heavy (non-hydrogen) atoms. The lowest BCUT2D eigenvalue weighted by Crippen LogP contribution is -2.63. The molecule has 0 unspecified atom stereocenters. The Bertz CT molecular complexity index is 1980. The summed E-state index contributed by atoms with van der Waals surface area (Å²) in [5.41, 5.74) is 16.3. The number of carboxylic acids is 1. The van der Waals surface area contributed by atoms with Crippen LogP contribution in [0.3, 0.4) is 0 Å². The van der Waals surface area contributed by atoms with Crippen molar-refractivity contribution in [1.82, 2.24) is 47.9 Å². The van der Waals surface area contributed by atoms with Crippen molar-refractivity contribution in [2.75, 3.05) is 25.2 Å². The van der Waals surface area contributed by atoms with E-state index in [0.29, 0.717) is 0 Å². The number of carbonyl (C=O) groups excluding carboxylic acids is 11. The molecule has 0 aliphatic heterocycles. The molecule has 11 amide bonds. The Hall–Kier alpha value is -6.17. The van der Waals surface area contributed by atoms with Crippen molar-refractivity contribution in [3.63, 3.8) is 0 Å². The lowest BCUT2D eigenvalue weighted by molar-refractivity contribution is -0.143. The average Bonchev–Trinajstić information content (AvgIpc) is 3.30. The normalized spacial score (nSPS) is 15.8. The fourth-order valence-electron chi connectivity index (χ4n) is 6.99. The van der Waals surface area contributed by atoms with Crippen molar-refractivity contribution < 1.29 is 78.0 Å². The SMILES string of the molecule is CSCC[C@H](NC(=O)[C@H](CC(N)=O)NC(=O)[C@@H](NC(=O)[C@@H](N)CO)C(C)C)C(=O)N[C@H](C(=O)N[C@@H](CO)C(=O)N[C@@H](CCC(N)=O)C(=O)N[C@H](C(=O)N[C@@H](CC(C)C)C(=O)N[C@@H](CC(C)C)C(=O)O)C(C)C)[C@@H](C)O. The third kappa shape index (κ3) is 25.8. The maximum absolute atomic E-state index is 13.8. The Kier molecular flexibility index (Phi) is 31.6. The van der Waals surface area contributed by atoms with Crippen LogP contribution in [-0.2, 0) is 57.5 Å². The van der Waals surface area contributed by atoms with E-state index in [0.717, 1.165) is 6.92 Å². The van der Waals surface area contributed by atoms with Crippen LogP contribution in [0.4, 0.5) is 0 Å². The summed E-state index contributed by atoms with van der Waals surface area (Å²) in [4.78, 5) is 157. The molecule has 0 saturated heterocycles. The van der Waals surface area contributed by atoms with Crippen LogP contribution in [0.1, 0.15) is 101 Å². The second-order valence-electron chi connectivity index (χ2n) is 19.6. The van der Waals surface area contributed by atoms with Gasteiger partial charge in [-0.2, -0.15) is 11.8 Å². The molecule has 28 nitrogen and oxygen atoms in total. The van der Waals surface area contributed by atoms with Gasteiger partial charge in [-0.1, -0.05) is 55.4 Å². The minimum Gasteiger partial charge on any atom is -0.480 e. The van der Waals surface area contributed by atoms with Gasteiger partial charge in [0.2, 0.25) is 65.0 Å². The molecule has 0 saturated carbocycles. The van der Waals surface area contributed by atoms with Crippen molar-refractivity contribution in [2.24, 2.45) is 40.9 Å². The van der Waals surface area contributed by atoms with Crippen LogP contribution in [0.2, 0.25) is 0 Å². The smallest absolute Gasteiger partial charge is 0.326 e. The molecule has 0 aliphatic carbocycles. The molecule has 0 radical (unpaired) electrons. The minimum absolute atomic E-state index is 0.0815. The summed E-state index contributed by atoms with van der Waals surface area (Å²) in [7, 11) is 0. The predicted molar refractivity (Wildman–Crippen MR) is 273 cm³/mol. The molecule has 19 N–H and O–H groups in total. The van der Waals surface area contributed by atoms with E-state index in [1.807, 2.05) is 0 Å². The Labute approximate surface area is 440 Å². The Morgan fingerprint density at radius 1 is 0.453 bits per heavy atom. The number of thioether (sulfide) groups is 1. The lowest BCUT2D eigenvalue weighted by Gasteiger charge is -2.29. The van der Waals surface area contributed by atoms with Gasteiger partial charge in [0.15, 0.2) is 0 Å². The van der Waals surface area contributed by atoms with E-state index in [9.17, 15) is 78.0 Å². The van der Waals surface area contributed by atoms with E-state index >= 15 is 0 Å². The van der Waals surface area contributed by atoms with E-state index in [1.165, 1.54) is 11.8 Å². The summed E-state index contributed by atoms with van der Waals surface area (Å²) in [5.74, 6) is -13.7. The van der Waals surface area contributed by atoms with Crippen LogP contribution in [-0.4, -0.2) is 183 Å². The molecule has 0 aromatic carbocycles.